The smallest absolute Gasteiger partial charge is 0.534 e. The fourth-order valence-corrected chi connectivity index (χ4v) is 3.80. The lowest BCUT2D eigenvalue weighted by atomic mass is 9.72. The third-order valence-electron chi connectivity index (χ3n) is 5.52. The van der Waals surface area contributed by atoms with Crippen LogP contribution in [0.1, 0.15) is 49.5 Å². The van der Waals surface area contributed by atoms with Gasteiger partial charge in [-0.05, 0) is 30.2 Å². The monoisotopic (exact) mass is 490 g/mol. The van der Waals surface area contributed by atoms with Crippen molar-refractivity contribution >= 4 is 30.8 Å². The van der Waals surface area contributed by atoms with E-state index < -0.39 is 62.5 Å². The molecule has 0 radical (unpaired) electrons. The third kappa shape index (κ3) is 5.14. The van der Waals surface area contributed by atoms with Crippen molar-refractivity contribution in [3.05, 3.63) is 64.7 Å². The standard InChI is InChI=1S/C22H18BF3N2O7/c24-22(25,26)9-8-17(29)27-16-10-12-4-3-7-15(18(12)35-23(16)33)21(32)34-11-28-19(30)13-5-1-2-6-14(13)20(28)31/h1-7,16,33H,8-11H2,(H,27,29)/t16-/m0/s1. The molecule has 2 aromatic rings. The maximum absolute atomic E-state index is 12.7. The van der Waals surface area contributed by atoms with Gasteiger partial charge in [0, 0.05) is 6.42 Å². The zero-order chi connectivity index (χ0) is 25.3. The number of carbonyl (C=O) groups excluding carboxylic acids is 4. The second-order valence-corrected chi connectivity index (χ2v) is 7.94. The average Bonchev–Trinajstić information content (AvgIpc) is 3.05. The number of nitrogens with one attached hydrogen (secondary N) is 1. The van der Waals surface area contributed by atoms with Gasteiger partial charge >= 0.3 is 19.3 Å². The first kappa shape index (κ1) is 24.3. The van der Waals surface area contributed by atoms with Crippen molar-refractivity contribution in [2.24, 2.45) is 0 Å². The summed E-state index contributed by atoms with van der Waals surface area (Å²) in [6.45, 7) is -0.644. The van der Waals surface area contributed by atoms with Gasteiger partial charge in [-0.25, -0.2) is 9.69 Å². The molecule has 2 aromatic carbocycles. The molecular formula is C22H18BF3N2O7. The number of nitrogens with zero attached hydrogens (tertiary/aromatic N) is 1. The molecule has 0 saturated carbocycles. The number of fused-ring (bicyclic) bond motifs is 2. The molecule has 0 saturated heterocycles. The van der Waals surface area contributed by atoms with Crippen LogP contribution in [0.2, 0.25) is 0 Å². The number of rotatable bonds is 6. The van der Waals surface area contributed by atoms with E-state index in [1.807, 2.05) is 0 Å². The number of hydrogen-bond acceptors (Lipinski definition) is 7. The minimum Gasteiger partial charge on any atom is -0.534 e. The Bertz CT molecular complexity index is 1170. The van der Waals surface area contributed by atoms with Crippen LogP contribution in [0.3, 0.4) is 0 Å². The van der Waals surface area contributed by atoms with E-state index in [0.717, 1.165) is 4.90 Å². The first-order chi connectivity index (χ1) is 16.5. The number of hydrogen-bond donors (Lipinski definition) is 2. The van der Waals surface area contributed by atoms with Crippen LogP contribution in [0, 0.1) is 0 Å². The van der Waals surface area contributed by atoms with Gasteiger partial charge < -0.3 is 19.7 Å². The lowest BCUT2D eigenvalue weighted by Crippen LogP contribution is -2.53. The number of alkyl halides is 3. The van der Waals surface area contributed by atoms with Crippen molar-refractivity contribution in [2.45, 2.75) is 31.4 Å². The number of esters is 1. The second-order valence-electron chi connectivity index (χ2n) is 7.94. The van der Waals surface area contributed by atoms with Crippen LogP contribution in [-0.2, 0) is 16.0 Å². The number of carbonyl (C=O) groups is 4. The zero-order valence-corrected chi connectivity index (χ0v) is 18.0. The minimum absolute atomic E-state index is 0.0201. The van der Waals surface area contributed by atoms with Crippen molar-refractivity contribution in [3.63, 3.8) is 0 Å². The molecule has 2 N–H and O–H groups in total. The number of benzene rings is 2. The summed E-state index contributed by atoms with van der Waals surface area (Å²) in [5, 5.41) is 12.6. The summed E-state index contributed by atoms with van der Waals surface area (Å²) in [5.41, 5.74) is 0.687. The molecule has 9 nitrogen and oxygen atoms in total. The molecule has 182 valence electrons. The van der Waals surface area contributed by atoms with E-state index in [-0.39, 0.29) is 28.9 Å². The lowest BCUT2D eigenvalue weighted by Gasteiger charge is -2.29. The zero-order valence-electron chi connectivity index (χ0n) is 18.0. The van der Waals surface area contributed by atoms with Gasteiger partial charge in [-0.2, -0.15) is 13.2 Å². The number of halogens is 3. The Balaban J connectivity index is 1.41. The molecule has 35 heavy (non-hydrogen) atoms. The molecule has 0 unspecified atom stereocenters. The van der Waals surface area contributed by atoms with Crippen molar-refractivity contribution in [2.75, 3.05) is 6.73 Å². The fourth-order valence-electron chi connectivity index (χ4n) is 3.80. The van der Waals surface area contributed by atoms with Crippen LogP contribution < -0.4 is 9.97 Å². The number of ether oxygens (including phenoxy) is 1. The summed E-state index contributed by atoms with van der Waals surface area (Å²) >= 11 is 0. The first-order valence-corrected chi connectivity index (χ1v) is 10.5. The summed E-state index contributed by atoms with van der Waals surface area (Å²) < 4.78 is 47.5. The van der Waals surface area contributed by atoms with E-state index in [0.29, 0.717) is 5.56 Å². The number of imide groups is 1. The Morgan fingerprint density at radius 2 is 1.77 bits per heavy atom. The van der Waals surface area contributed by atoms with Crippen molar-refractivity contribution in [1.82, 2.24) is 10.2 Å². The Labute approximate surface area is 196 Å². The molecular weight excluding hydrogens is 472 g/mol. The quantitative estimate of drug-likeness (QED) is 0.360. The molecule has 0 fully saturated rings. The molecule has 2 aliphatic heterocycles. The van der Waals surface area contributed by atoms with Gasteiger partial charge in [-0.15, -0.1) is 0 Å². The van der Waals surface area contributed by atoms with E-state index >= 15 is 0 Å². The molecule has 0 aliphatic carbocycles. The summed E-state index contributed by atoms with van der Waals surface area (Å²) in [7, 11) is -1.64. The summed E-state index contributed by atoms with van der Waals surface area (Å²) in [6, 6.07) is 10.6. The molecule has 4 rings (SSSR count). The van der Waals surface area contributed by atoms with Crippen LogP contribution in [0.15, 0.2) is 42.5 Å². The van der Waals surface area contributed by atoms with Crippen LogP contribution in [0.25, 0.3) is 0 Å². The summed E-state index contributed by atoms with van der Waals surface area (Å²) in [5.74, 6) is -4.12. The topological polar surface area (TPSA) is 122 Å². The highest BCUT2D eigenvalue weighted by Gasteiger charge is 2.39. The summed E-state index contributed by atoms with van der Waals surface area (Å²) in [4.78, 5) is 50.1. The Morgan fingerprint density at radius 3 is 2.40 bits per heavy atom. The Kier molecular flexibility index (Phi) is 6.52. The highest BCUT2D eigenvalue weighted by molar-refractivity contribution is 6.47. The van der Waals surface area contributed by atoms with Gasteiger partial charge in [0.25, 0.3) is 11.8 Å². The highest BCUT2D eigenvalue weighted by atomic mass is 19.4. The predicted molar refractivity (Wildman–Crippen MR) is 113 cm³/mol. The Morgan fingerprint density at radius 1 is 1.11 bits per heavy atom. The SMILES string of the molecule is O=C(CCC(F)(F)F)N[C@H]1Cc2cccc(C(=O)OCN3C(=O)c4ccccc4C3=O)c2OB1O. The van der Waals surface area contributed by atoms with Crippen molar-refractivity contribution in [3.8, 4) is 5.75 Å². The van der Waals surface area contributed by atoms with Crippen LogP contribution >= 0.6 is 0 Å². The summed E-state index contributed by atoms with van der Waals surface area (Å²) in [6.07, 6.45) is -6.62. The van der Waals surface area contributed by atoms with Gasteiger partial charge in [-0.3, -0.25) is 14.4 Å². The maximum atomic E-state index is 12.7. The van der Waals surface area contributed by atoms with E-state index in [4.69, 9.17) is 9.39 Å². The fraction of sp³-hybridized carbons (Fsp3) is 0.273. The highest BCUT2D eigenvalue weighted by Crippen LogP contribution is 2.31. The third-order valence-corrected chi connectivity index (χ3v) is 5.52. The minimum atomic E-state index is -4.49. The molecule has 0 bridgehead atoms. The molecule has 0 spiro atoms. The van der Waals surface area contributed by atoms with Crippen LogP contribution in [0.4, 0.5) is 13.2 Å². The van der Waals surface area contributed by atoms with Gasteiger partial charge in [-0.1, -0.05) is 24.3 Å². The van der Waals surface area contributed by atoms with Gasteiger partial charge in [0.15, 0.2) is 6.73 Å². The maximum Gasteiger partial charge on any atom is 0.547 e. The number of para-hydroxylation sites is 1. The Hall–Kier alpha value is -3.87. The van der Waals surface area contributed by atoms with Gasteiger partial charge in [0.2, 0.25) is 5.91 Å². The molecule has 2 aliphatic rings. The van der Waals surface area contributed by atoms with Crippen LogP contribution in [0.5, 0.6) is 5.75 Å². The normalized spacial score (nSPS) is 17.0. The van der Waals surface area contributed by atoms with Crippen LogP contribution in [-0.4, -0.2) is 59.6 Å². The molecule has 1 atom stereocenters. The van der Waals surface area contributed by atoms with Gasteiger partial charge in [0.1, 0.15) is 11.3 Å². The second kappa shape index (κ2) is 9.41. The van der Waals surface area contributed by atoms with Gasteiger partial charge in [0.05, 0.1) is 23.5 Å². The molecule has 13 heteroatoms. The molecule has 3 amide bonds. The van der Waals surface area contributed by atoms with Crippen molar-refractivity contribution < 1.29 is 46.8 Å². The first-order valence-electron chi connectivity index (χ1n) is 10.5. The predicted octanol–water partition coefficient (Wildman–Crippen LogP) is 1.88. The van der Waals surface area contributed by atoms with E-state index in [9.17, 15) is 37.4 Å². The number of amides is 3. The average molecular weight is 490 g/mol. The van der Waals surface area contributed by atoms with E-state index in [1.54, 1.807) is 18.2 Å². The molecule has 2 heterocycles. The van der Waals surface area contributed by atoms with E-state index in [2.05, 4.69) is 5.32 Å². The van der Waals surface area contributed by atoms with E-state index in [1.165, 1.54) is 24.3 Å². The van der Waals surface area contributed by atoms with Crippen molar-refractivity contribution in [1.29, 1.82) is 0 Å². The largest absolute Gasteiger partial charge is 0.547 e. The molecule has 0 aromatic heterocycles. The lowest BCUT2D eigenvalue weighted by molar-refractivity contribution is -0.144.